The van der Waals surface area contributed by atoms with Crippen LogP contribution in [0.15, 0.2) is 76.9 Å². The van der Waals surface area contributed by atoms with Crippen LogP contribution in [0.5, 0.6) is 5.75 Å². The molecule has 11 nitrogen and oxygen atoms in total. The first-order valence-electron chi connectivity index (χ1n) is 10.3. The minimum Gasteiger partial charge on any atom is -0.494 e. The number of anilines is 2. The fourth-order valence-corrected chi connectivity index (χ4v) is 3.55. The highest BCUT2D eigenvalue weighted by molar-refractivity contribution is 6.71. The van der Waals surface area contributed by atoms with Gasteiger partial charge in [0.2, 0.25) is 0 Å². The van der Waals surface area contributed by atoms with E-state index in [0.29, 0.717) is 28.3 Å². The molecule has 2 N–H and O–H groups in total. The third-order valence-corrected chi connectivity index (χ3v) is 5.20. The van der Waals surface area contributed by atoms with Gasteiger partial charge in [-0.05, 0) is 36.8 Å². The fraction of sp³-hybridized carbons (Fsp3) is 0.0833. The molecule has 0 saturated heterocycles. The number of methoxy groups -OCH3 is 1. The number of carbonyl (C=O) groups is 2. The Labute approximate surface area is 199 Å². The van der Waals surface area contributed by atoms with Gasteiger partial charge in [-0.25, -0.2) is 4.79 Å². The number of para-hydroxylation sites is 1. The van der Waals surface area contributed by atoms with Gasteiger partial charge < -0.3 is 9.84 Å². The average Bonchev–Trinajstić information content (AvgIpc) is 3.15. The van der Waals surface area contributed by atoms with Crippen molar-refractivity contribution in [2.24, 2.45) is 10.2 Å². The Morgan fingerprint density at radius 1 is 1.14 bits per heavy atom. The summed E-state index contributed by atoms with van der Waals surface area (Å²) >= 11 is 0. The number of nitrogens with one attached hydrogen (secondary N) is 1. The zero-order valence-corrected chi connectivity index (χ0v) is 18.6. The first kappa shape index (κ1) is 23.1. The molecule has 176 valence electrons. The maximum Gasteiger partial charge on any atom is 0.335 e. The molecule has 0 bridgehead atoms. The number of hydrogen-bond donors (Lipinski definition) is 2. The zero-order chi connectivity index (χ0) is 25.1. The summed E-state index contributed by atoms with van der Waals surface area (Å²) in [5, 5.41) is 29.8. The Balaban J connectivity index is 1.64. The van der Waals surface area contributed by atoms with Crippen LogP contribution in [-0.2, 0) is 4.79 Å². The zero-order valence-electron chi connectivity index (χ0n) is 18.6. The summed E-state index contributed by atoms with van der Waals surface area (Å²) in [5.74, 6) is -1.20. The van der Waals surface area contributed by atoms with Crippen molar-refractivity contribution in [1.82, 2.24) is 0 Å². The predicted molar refractivity (Wildman–Crippen MR) is 130 cm³/mol. The number of hydrogen-bond acceptors (Lipinski definition) is 8. The number of carboxylic acid groups (broad SMARTS) is 1. The van der Waals surface area contributed by atoms with Crippen LogP contribution in [0, 0.1) is 10.1 Å². The van der Waals surface area contributed by atoms with Crippen LogP contribution < -0.4 is 15.2 Å². The highest BCUT2D eigenvalue weighted by atomic mass is 16.6. The summed E-state index contributed by atoms with van der Waals surface area (Å²) in [6.45, 7) is 1.60. The lowest BCUT2D eigenvalue weighted by molar-refractivity contribution is -0.384. The molecule has 1 aliphatic rings. The predicted octanol–water partition coefficient (Wildman–Crippen LogP) is 4.16. The fourth-order valence-electron chi connectivity index (χ4n) is 3.55. The van der Waals surface area contributed by atoms with Crippen molar-refractivity contribution in [3.8, 4) is 16.9 Å². The van der Waals surface area contributed by atoms with Gasteiger partial charge in [-0.1, -0.05) is 30.3 Å². The second-order valence-electron chi connectivity index (χ2n) is 7.42. The number of hydrazone groups is 2. The third-order valence-electron chi connectivity index (χ3n) is 5.20. The van der Waals surface area contributed by atoms with E-state index in [1.807, 2.05) is 0 Å². The van der Waals surface area contributed by atoms with Crippen LogP contribution >= 0.6 is 0 Å². The molecule has 11 heteroatoms. The van der Waals surface area contributed by atoms with Gasteiger partial charge in [-0.15, -0.1) is 0 Å². The minimum atomic E-state index is -1.05. The van der Waals surface area contributed by atoms with Gasteiger partial charge >= 0.3 is 11.9 Å². The van der Waals surface area contributed by atoms with Crippen molar-refractivity contribution in [2.75, 3.05) is 17.5 Å². The molecule has 1 amide bonds. The molecular formula is C24H19N5O6. The standard InChI is InChI=1S/C24H19N5O6/c1-14-21(23(30)28(27-14)17-8-4-9-18(13-17)29(33)34)26-25-20-11-5-10-19(22(20)35-2)15-6-3-7-16(12-15)24(31)32/h3-13,25H,1-2H3,(H,31,32). The van der Waals surface area contributed by atoms with Crippen molar-refractivity contribution in [3.63, 3.8) is 0 Å². The van der Waals surface area contributed by atoms with Crippen molar-refractivity contribution >= 4 is 40.4 Å². The number of carbonyl (C=O) groups excluding carboxylic acids is 1. The van der Waals surface area contributed by atoms with Crippen LogP contribution in [0.1, 0.15) is 17.3 Å². The molecule has 4 rings (SSSR count). The smallest absolute Gasteiger partial charge is 0.335 e. The number of rotatable bonds is 7. The number of nitrogens with zero attached hydrogens (tertiary/aromatic N) is 4. The number of aromatic carboxylic acids is 1. The summed E-state index contributed by atoms with van der Waals surface area (Å²) in [7, 11) is 1.47. The van der Waals surface area contributed by atoms with E-state index in [9.17, 15) is 24.8 Å². The molecule has 0 spiro atoms. The summed E-state index contributed by atoms with van der Waals surface area (Å²) in [5.41, 5.74) is 5.07. The summed E-state index contributed by atoms with van der Waals surface area (Å²) in [6.07, 6.45) is 0. The van der Waals surface area contributed by atoms with Crippen molar-refractivity contribution in [1.29, 1.82) is 0 Å². The number of nitro benzene ring substituents is 1. The van der Waals surface area contributed by atoms with E-state index in [1.54, 1.807) is 37.3 Å². The monoisotopic (exact) mass is 473 g/mol. The SMILES string of the molecule is COc1c(NN=C2C(=O)N(c3cccc([N+](=O)[O-])c3)N=C2C)cccc1-c1cccc(C(=O)O)c1. The molecule has 0 aliphatic carbocycles. The quantitative estimate of drug-likeness (QED) is 0.387. The van der Waals surface area contributed by atoms with Gasteiger partial charge in [0.25, 0.3) is 5.69 Å². The molecule has 1 aliphatic heterocycles. The van der Waals surface area contributed by atoms with Crippen LogP contribution in [0.4, 0.5) is 17.1 Å². The van der Waals surface area contributed by atoms with Crippen molar-refractivity contribution in [2.45, 2.75) is 6.92 Å². The molecule has 0 fully saturated rings. The number of ether oxygens (including phenoxy) is 1. The van der Waals surface area contributed by atoms with E-state index in [-0.39, 0.29) is 22.6 Å². The van der Waals surface area contributed by atoms with E-state index in [0.717, 1.165) is 5.01 Å². The number of non-ortho nitro benzene ring substituents is 1. The number of carboxylic acids is 1. The first-order chi connectivity index (χ1) is 16.8. The van der Waals surface area contributed by atoms with Gasteiger partial charge in [0, 0.05) is 17.7 Å². The lowest BCUT2D eigenvalue weighted by atomic mass is 10.0. The van der Waals surface area contributed by atoms with Crippen LogP contribution in [-0.4, -0.2) is 40.4 Å². The molecule has 1 heterocycles. The van der Waals surface area contributed by atoms with Crippen LogP contribution in [0.2, 0.25) is 0 Å². The van der Waals surface area contributed by atoms with Crippen LogP contribution in [0.25, 0.3) is 11.1 Å². The lowest BCUT2D eigenvalue weighted by Gasteiger charge is -2.14. The Hall–Kier alpha value is -5.06. The van der Waals surface area contributed by atoms with Crippen molar-refractivity contribution < 1.29 is 24.4 Å². The van der Waals surface area contributed by atoms with E-state index in [4.69, 9.17) is 4.74 Å². The summed E-state index contributed by atoms with van der Waals surface area (Å²) < 4.78 is 5.56. The maximum absolute atomic E-state index is 12.9. The van der Waals surface area contributed by atoms with Crippen LogP contribution in [0.3, 0.4) is 0 Å². The Morgan fingerprint density at radius 3 is 2.60 bits per heavy atom. The molecule has 0 saturated carbocycles. The minimum absolute atomic E-state index is 0.0248. The second-order valence-corrected chi connectivity index (χ2v) is 7.42. The number of nitro groups is 1. The molecule has 0 aromatic heterocycles. The first-order valence-corrected chi connectivity index (χ1v) is 10.3. The molecule has 0 unspecified atom stereocenters. The van der Waals surface area contributed by atoms with Gasteiger partial charge in [0.1, 0.15) is 0 Å². The molecule has 3 aromatic carbocycles. The van der Waals surface area contributed by atoms with Gasteiger partial charge in [-0.3, -0.25) is 20.3 Å². The molecule has 35 heavy (non-hydrogen) atoms. The van der Waals surface area contributed by atoms with E-state index < -0.39 is 16.8 Å². The molecule has 0 atom stereocenters. The van der Waals surface area contributed by atoms with Gasteiger partial charge in [-0.2, -0.15) is 15.2 Å². The second kappa shape index (κ2) is 9.43. The lowest BCUT2D eigenvalue weighted by Crippen LogP contribution is -2.28. The average molecular weight is 473 g/mol. The topological polar surface area (TPSA) is 147 Å². The largest absolute Gasteiger partial charge is 0.494 e. The molecular weight excluding hydrogens is 454 g/mol. The Bertz CT molecular complexity index is 1420. The number of amides is 1. The van der Waals surface area contributed by atoms with Gasteiger partial charge in [0.15, 0.2) is 11.5 Å². The molecule has 0 radical (unpaired) electrons. The Kier molecular flexibility index (Phi) is 6.23. The molecule has 3 aromatic rings. The number of benzene rings is 3. The third kappa shape index (κ3) is 4.55. The highest BCUT2D eigenvalue weighted by Crippen LogP contribution is 2.37. The maximum atomic E-state index is 12.9. The van der Waals surface area contributed by atoms with E-state index in [1.165, 1.54) is 43.5 Å². The Morgan fingerprint density at radius 2 is 1.89 bits per heavy atom. The van der Waals surface area contributed by atoms with E-state index >= 15 is 0 Å². The van der Waals surface area contributed by atoms with E-state index in [2.05, 4.69) is 15.6 Å². The van der Waals surface area contributed by atoms with Gasteiger partial charge in [0.05, 0.1) is 34.7 Å². The summed E-state index contributed by atoms with van der Waals surface area (Å²) in [6, 6.07) is 17.2. The highest BCUT2D eigenvalue weighted by Gasteiger charge is 2.31. The van der Waals surface area contributed by atoms with Crippen molar-refractivity contribution in [3.05, 3.63) is 82.4 Å². The summed E-state index contributed by atoms with van der Waals surface area (Å²) in [4.78, 5) is 34.8. The normalized spacial score (nSPS) is 14.1.